The lowest BCUT2D eigenvalue weighted by atomic mass is 10.2. The van der Waals surface area contributed by atoms with Crippen LogP contribution in [0.25, 0.3) is 0 Å². The highest BCUT2D eigenvalue weighted by Crippen LogP contribution is 2.34. The van der Waals surface area contributed by atoms with Crippen molar-refractivity contribution >= 4 is 11.4 Å². The van der Waals surface area contributed by atoms with Gasteiger partial charge >= 0.3 is 5.69 Å². The van der Waals surface area contributed by atoms with E-state index in [1.807, 2.05) is 4.90 Å². The van der Waals surface area contributed by atoms with E-state index >= 15 is 0 Å². The normalized spacial score (nSPS) is 16.0. The third-order valence-corrected chi connectivity index (χ3v) is 3.13. The molecule has 104 valence electrons. The molecule has 0 amide bonds. The molecule has 6 nitrogen and oxygen atoms in total. The minimum Gasteiger partial charge on any atom is -0.490 e. The van der Waals surface area contributed by atoms with Crippen molar-refractivity contribution in [3.63, 3.8) is 0 Å². The van der Waals surface area contributed by atoms with E-state index in [2.05, 4.69) is 5.32 Å². The fourth-order valence-corrected chi connectivity index (χ4v) is 2.17. The van der Waals surface area contributed by atoms with Gasteiger partial charge in [-0.3, -0.25) is 10.1 Å². The Kier molecular flexibility index (Phi) is 4.16. The summed E-state index contributed by atoms with van der Waals surface area (Å²) in [5.41, 5.74) is 0.00264. The van der Waals surface area contributed by atoms with E-state index in [1.54, 1.807) is 0 Å². The molecule has 1 fully saturated rings. The molecule has 0 saturated carbocycles. The Balaban J connectivity index is 2.37. The van der Waals surface area contributed by atoms with Crippen molar-refractivity contribution in [2.45, 2.75) is 6.42 Å². The van der Waals surface area contributed by atoms with Crippen molar-refractivity contribution in [2.24, 2.45) is 0 Å². The molecule has 0 bridgehead atoms. The second-order valence-corrected chi connectivity index (χ2v) is 4.32. The van der Waals surface area contributed by atoms with E-state index < -0.39 is 10.7 Å². The minimum atomic E-state index is -0.643. The van der Waals surface area contributed by atoms with Crippen molar-refractivity contribution in [3.8, 4) is 5.75 Å². The molecule has 1 aliphatic heterocycles. The van der Waals surface area contributed by atoms with Gasteiger partial charge in [0, 0.05) is 25.7 Å². The van der Waals surface area contributed by atoms with E-state index in [9.17, 15) is 14.5 Å². The van der Waals surface area contributed by atoms with Crippen molar-refractivity contribution in [2.75, 3.05) is 38.2 Å². The summed E-state index contributed by atoms with van der Waals surface area (Å²) in [6, 6.07) is 2.32. The lowest BCUT2D eigenvalue weighted by Crippen LogP contribution is -2.28. The van der Waals surface area contributed by atoms with Gasteiger partial charge in [-0.15, -0.1) is 0 Å². The molecule has 0 aromatic heterocycles. The number of nitro benzene ring substituents is 1. The Labute approximate surface area is 110 Å². The quantitative estimate of drug-likeness (QED) is 0.666. The SMILES string of the molecule is COc1cc(N2CCCNCC2)c(F)cc1[N+](=O)[O-]. The third-order valence-electron chi connectivity index (χ3n) is 3.13. The Bertz CT molecular complexity index is 474. The van der Waals surface area contributed by atoms with Crippen molar-refractivity contribution in [3.05, 3.63) is 28.1 Å². The van der Waals surface area contributed by atoms with Crippen molar-refractivity contribution in [1.82, 2.24) is 5.32 Å². The fourth-order valence-electron chi connectivity index (χ4n) is 2.17. The summed E-state index contributed by atoms with van der Waals surface area (Å²) in [6.45, 7) is 3.03. The van der Waals surface area contributed by atoms with Gasteiger partial charge in [0.15, 0.2) is 11.6 Å². The van der Waals surface area contributed by atoms with E-state index in [0.717, 1.165) is 25.6 Å². The van der Waals surface area contributed by atoms with Crippen molar-refractivity contribution < 1.29 is 14.1 Å². The number of halogens is 1. The van der Waals surface area contributed by atoms with Gasteiger partial charge in [0.1, 0.15) is 0 Å². The maximum atomic E-state index is 14.0. The highest BCUT2D eigenvalue weighted by atomic mass is 19.1. The minimum absolute atomic E-state index is 0.0820. The predicted octanol–water partition coefficient (Wildman–Crippen LogP) is 1.54. The van der Waals surface area contributed by atoms with Crippen LogP contribution in [0.3, 0.4) is 0 Å². The van der Waals surface area contributed by atoms with Gasteiger partial charge in [0.05, 0.1) is 23.8 Å². The van der Waals surface area contributed by atoms with E-state index in [0.29, 0.717) is 18.8 Å². The summed E-state index contributed by atoms with van der Waals surface area (Å²) >= 11 is 0. The number of anilines is 1. The molecule has 1 aromatic rings. The number of methoxy groups -OCH3 is 1. The maximum absolute atomic E-state index is 14.0. The van der Waals surface area contributed by atoms with Crippen LogP contribution in [0.4, 0.5) is 15.8 Å². The molecule has 0 aliphatic carbocycles. The zero-order valence-electron chi connectivity index (χ0n) is 10.7. The molecular weight excluding hydrogens is 253 g/mol. The number of ether oxygens (including phenoxy) is 1. The van der Waals surface area contributed by atoms with Crippen LogP contribution in [0, 0.1) is 15.9 Å². The van der Waals surface area contributed by atoms with Crippen LogP contribution in [0.5, 0.6) is 5.75 Å². The number of nitrogens with zero attached hydrogens (tertiary/aromatic N) is 2. The molecule has 1 saturated heterocycles. The molecule has 1 aromatic carbocycles. The molecule has 0 radical (unpaired) electrons. The molecular formula is C12H16FN3O3. The van der Waals surface area contributed by atoms with Gasteiger partial charge in [0.2, 0.25) is 0 Å². The van der Waals surface area contributed by atoms with Gasteiger partial charge in [0.25, 0.3) is 0 Å². The highest BCUT2D eigenvalue weighted by molar-refractivity contribution is 5.60. The molecule has 19 heavy (non-hydrogen) atoms. The second kappa shape index (κ2) is 5.83. The third kappa shape index (κ3) is 2.93. The number of nitrogens with one attached hydrogen (secondary N) is 1. The average molecular weight is 269 g/mol. The van der Waals surface area contributed by atoms with E-state index in [-0.39, 0.29) is 11.4 Å². The lowest BCUT2D eigenvalue weighted by molar-refractivity contribution is -0.385. The first-order chi connectivity index (χ1) is 9.13. The average Bonchev–Trinajstić information content (AvgIpc) is 2.67. The Hall–Kier alpha value is -1.89. The number of nitro groups is 1. The van der Waals surface area contributed by atoms with Crippen LogP contribution >= 0.6 is 0 Å². The molecule has 1 N–H and O–H groups in total. The van der Waals surface area contributed by atoms with Crippen molar-refractivity contribution in [1.29, 1.82) is 0 Å². The second-order valence-electron chi connectivity index (χ2n) is 4.32. The lowest BCUT2D eigenvalue weighted by Gasteiger charge is -2.23. The first kappa shape index (κ1) is 13.5. The Morgan fingerprint density at radius 2 is 2.21 bits per heavy atom. The van der Waals surface area contributed by atoms with Gasteiger partial charge < -0.3 is 15.0 Å². The van der Waals surface area contributed by atoms with Gasteiger partial charge in [-0.1, -0.05) is 0 Å². The summed E-state index contributed by atoms with van der Waals surface area (Å²) in [5.74, 6) is -0.506. The molecule has 2 rings (SSSR count). The molecule has 7 heteroatoms. The summed E-state index contributed by atoms with van der Waals surface area (Å²) in [6.07, 6.45) is 0.902. The number of hydrogen-bond acceptors (Lipinski definition) is 5. The van der Waals surface area contributed by atoms with E-state index in [1.165, 1.54) is 13.2 Å². The zero-order chi connectivity index (χ0) is 13.8. The smallest absolute Gasteiger partial charge is 0.313 e. The Morgan fingerprint density at radius 3 is 2.89 bits per heavy atom. The number of benzene rings is 1. The molecule has 0 unspecified atom stereocenters. The van der Waals surface area contributed by atoms with Crippen LogP contribution in [0.1, 0.15) is 6.42 Å². The van der Waals surface area contributed by atoms with Crippen LogP contribution in [0.15, 0.2) is 12.1 Å². The predicted molar refractivity (Wildman–Crippen MR) is 69.3 cm³/mol. The van der Waals surface area contributed by atoms with Crippen LogP contribution in [-0.4, -0.2) is 38.2 Å². The summed E-state index contributed by atoms with van der Waals surface area (Å²) < 4.78 is 19.0. The number of hydrogen-bond donors (Lipinski definition) is 1. The zero-order valence-corrected chi connectivity index (χ0v) is 10.7. The summed E-state index contributed by atoms with van der Waals surface area (Å²) in [5, 5.41) is 14.0. The topological polar surface area (TPSA) is 67.6 Å². The first-order valence-corrected chi connectivity index (χ1v) is 6.11. The van der Waals surface area contributed by atoms with Gasteiger partial charge in [-0.2, -0.15) is 0 Å². The Morgan fingerprint density at radius 1 is 1.42 bits per heavy atom. The van der Waals surface area contributed by atoms with Crippen LogP contribution < -0.4 is 15.0 Å². The molecule has 1 aliphatic rings. The molecule has 0 atom stereocenters. The van der Waals surface area contributed by atoms with E-state index in [4.69, 9.17) is 4.74 Å². The van der Waals surface area contributed by atoms with Gasteiger partial charge in [-0.25, -0.2) is 4.39 Å². The number of rotatable bonds is 3. The van der Waals surface area contributed by atoms with Crippen LogP contribution in [-0.2, 0) is 0 Å². The maximum Gasteiger partial charge on any atom is 0.313 e. The molecule has 0 spiro atoms. The largest absolute Gasteiger partial charge is 0.490 e. The van der Waals surface area contributed by atoms with Crippen LogP contribution in [0.2, 0.25) is 0 Å². The highest BCUT2D eigenvalue weighted by Gasteiger charge is 2.22. The first-order valence-electron chi connectivity index (χ1n) is 6.11. The standard InChI is InChI=1S/C12H16FN3O3/c1-19-12-8-10(9(13)7-11(12)16(17)18)15-5-2-3-14-4-6-15/h7-8,14H,2-6H2,1H3. The van der Waals surface area contributed by atoms with Gasteiger partial charge in [-0.05, 0) is 13.0 Å². The molecule has 1 heterocycles. The fraction of sp³-hybridized carbons (Fsp3) is 0.500. The monoisotopic (exact) mass is 269 g/mol. The summed E-state index contributed by atoms with van der Waals surface area (Å²) in [4.78, 5) is 12.0. The summed E-state index contributed by atoms with van der Waals surface area (Å²) in [7, 11) is 1.34.